The molecule has 1 unspecified atom stereocenters. The summed E-state index contributed by atoms with van der Waals surface area (Å²) in [6.07, 6.45) is -0.764. The van der Waals surface area contributed by atoms with E-state index in [1.165, 1.54) is 18.4 Å². The number of benzene rings is 1. The number of carbonyl (C=O) groups excluding carboxylic acids is 2. The van der Waals surface area contributed by atoms with Crippen molar-refractivity contribution < 1.29 is 14.3 Å². The molecular weight excluding hydrogens is 276 g/mol. The smallest absolute Gasteiger partial charge is 0.279 e. The molecule has 0 spiro atoms. The average molecular weight is 290 g/mol. The van der Waals surface area contributed by atoms with Crippen LogP contribution in [0.1, 0.15) is 21.3 Å². The molecule has 1 atom stereocenters. The standard InChI is InChI=1S/C14H14N2O3S/c1-19-12(10-6-3-2-4-7-10)14(18)16-15-13(17)11-8-5-9-20-11/h2-9,12H,1H3,(H,15,17)(H,16,18). The van der Waals surface area contributed by atoms with Crippen LogP contribution in [0.15, 0.2) is 47.8 Å². The van der Waals surface area contributed by atoms with Crippen molar-refractivity contribution >= 4 is 23.2 Å². The van der Waals surface area contributed by atoms with Crippen LogP contribution < -0.4 is 10.9 Å². The van der Waals surface area contributed by atoms with Gasteiger partial charge in [-0.15, -0.1) is 11.3 Å². The van der Waals surface area contributed by atoms with Crippen LogP contribution in [0.3, 0.4) is 0 Å². The Labute approximate surface area is 120 Å². The fraction of sp³-hybridized carbons (Fsp3) is 0.143. The van der Waals surface area contributed by atoms with Crippen molar-refractivity contribution in [2.45, 2.75) is 6.10 Å². The van der Waals surface area contributed by atoms with E-state index in [1.54, 1.807) is 29.6 Å². The number of amides is 2. The van der Waals surface area contributed by atoms with Gasteiger partial charge in [-0.2, -0.15) is 0 Å². The number of carbonyl (C=O) groups is 2. The van der Waals surface area contributed by atoms with E-state index in [-0.39, 0.29) is 5.91 Å². The van der Waals surface area contributed by atoms with Gasteiger partial charge >= 0.3 is 0 Å². The lowest BCUT2D eigenvalue weighted by Gasteiger charge is -2.15. The number of hydrazine groups is 1. The van der Waals surface area contributed by atoms with E-state index in [2.05, 4.69) is 10.9 Å². The molecule has 2 N–H and O–H groups in total. The van der Waals surface area contributed by atoms with Crippen molar-refractivity contribution in [1.82, 2.24) is 10.9 Å². The summed E-state index contributed by atoms with van der Waals surface area (Å²) in [6.45, 7) is 0. The lowest BCUT2D eigenvalue weighted by molar-refractivity contribution is -0.132. The quantitative estimate of drug-likeness (QED) is 0.845. The van der Waals surface area contributed by atoms with Crippen LogP contribution >= 0.6 is 11.3 Å². The van der Waals surface area contributed by atoms with Crippen LogP contribution in [0.2, 0.25) is 0 Å². The number of hydrogen-bond donors (Lipinski definition) is 2. The van der Waals surface area contributed by atoms with E-state index in [9.17, 15) is 9.59 Å². The highest BCUT2D eigenvalue weighted by atomic mass is 32.1. The zero-order valence-corrected chi connectivity index (χ0v) is 11.6. The fourth-order valence-corrected chi connectivity index (χ4v) is 2.29. The van der Waals surface area contributed by atoms with Crippen molar-refractivity contribution in [3.63, 3.8) is 0 Å². The minimum absolute atomic E-state index is 0.351. The van der Waals surface area contributed by atoms with Crippen molar-refractivity contribution in [3.8, 4) is 0 Å². The third kappa shape index (κ3) is 3.43. The predicted molar refractivity (Wildman–Crippen MR) is 76.1 cm³/mol. The van der Waals surface area contributed by atoms with Gasteiger partial charge < -0.3 is 4.74 Å². The summed E-state index contributed by atoms with van der Waals surface area (Å²) in [6, 6.07) is 12.5. The molecule has 20 heavy (non-hydrogen) atoms. The van der Waals surface area contributed by atoms with Gasteiger partial charge in [0.15, 0.2) is 6.10 Å². The van der Waals surface area contributed by atoms with Crippen molar-refractivity contribution in [2.24, 2.45) is 0 Å². The molecule has 2 amide bonds. The van der Waals surface area contributed by atoms with Crippen LogP contribution in [-0.4, -0.2) is 18.9 Å². The number of thiophene rings is 1. The molecular formula is C14H14N2O3S. The highest BCUT2D eigenvalue weighted by Crippen LogP contribution is 2.15. The summed E-state index contributed by atoms with van der Waals surface area (Å²) < 4.78 is 5.16. The molecule has 0 fully saturated rings. The third-order valence-electron chi connectivity index (χ3n) is 2.62. The van der Waals surface area contributed by atoms with Gasteiger partial charge in [0.05, 0.1) is 4.88 Å². The maximum absolute atomic E-state index is 12.0. The first kappa shape index (κ1) is 14.2. The average Bonchev–Trinajstić information content (AvgIpc) is 3.01. The van der Waals surface area contributed by atoms with E-state index >= 15 is 0 Å². The van der Waals surface area contributed by atoms with Crippen molar-refractivity contribution in [2.75, 3.05) is 7.11 Å². The molecule has 5 nitrogen and oxygen atoms in total. The van der Waals surface area contributed by atoms with Gasteiger partial charge in [-0.25, -0.2) is 0 Å². The van der Waals surface area contributed by atoms with Gasteiger partial charge in [0.2, 0.25) is 0 Å². The van der Waals surface area contributed by atoms with Gasteiger partial charge in [-0.1, -0.05) is 36.4 Å². The molecule has 0 aliphatic carbocycles. The van der Waals surface area contributed by atoms with Crippen LogP contribution in [-0.2, 0) is 9.53 Å². The first-order valence-corrected chi connectivity index (χ1v) is 6.82. The number of rotatable bonds is 4. The van der Waals surface area contributed by atoms with Crippen LogP contribution in [0.25, 0.3) is 0 Å². The fourth-order valence-electron chi connectivity index (χ4n) is 1.68. The second-order valence-corrected chi connectivity index (χ2v) is 4.89. The normalized spacial score (nSPS) is 11.7. The van der Waals surface area contributed by atoms with Crippen LogP contribution in [0.4, 0.5) is 0 Å². The van der Waals surface area contributed by atoms with Crippen molar-refractivity contribution in [3.05, 3.63) is 58.3 Å². The molecule has 0 bridgehead atoms. The van der Waals surface area contributed by atoms with E-state index in [1.807, 2.05) is 18.2 Å². The Bertz CT molecular complexity index is 569. The van der Waals surface area contributed by atoms with Crippen LogP contribution in [0.5, 0.6) is 0 Å². The molecule has 1 heterocycles. The Morgan fingerprint density at radius 2 is 1.85 bits per heavy atom. The maximum Gasteiger partial charge on any atom is 0.279 e. The summed E-state index contributed by atoms with van der Waals surface area (Å²) in [5.41, 5.74) is 5.44. The lowest BCUT2D eigenvalue weighted by Crippen LogP contribution is -2.44. The summed E-state index contributed by atoms with van der Waals surface area (Å²) in [4.78, 5) is 24.2. The Morgan fingerprint density at radius 1 is 1.10 bits per heavy atom. The SMILES string of the molecule is COC(C(=O)NNC(=O)c1cccs1)c1ccccc1. The molecule has 0 aliphatic rings. The zero-order chi connectivity index (χ0) is 14.4. The summed E-state index contributed by atoms with van der Waals surface area (Å²) >= 11 is 1.30. The van der Waals surface area contributed by atoms with Gasteiger partial charge in [0.1, 0.15) is 0 Å². The van der Waals surface area contributed by atoms with Gasteiger partial charge in [-0.05, 0) is 17.0 Å². The molecule has 2 aromatic rings. The Hall–Kier alpha value is -2.18. The Morgan fingerprint density at radius 3 is 2.45 bits per heavy atom. The van der Waals surface area contributed by atoms with Crippen LogP contribution in [0, 0.1) is 0 Å². The van der Waals surface area contributed by atoms with E-state index < -0.39 is 12.0 Å². The summed E-state index contributed by atoms with van der Waals surface area (Å²) in [5, 5.41) is 1.79. The zero-order valence-electron chi connectivity index (χ0n) is 10.8. The van der Waals surface area contributed by atoms with Gasteiger partial charge in [0, 0.05) is 7.11 Å². The van der Waals surface area contributed by atoms with Gasteiger partial charge in [0.25, 0.3) is 11.8 Å². The minimum Gasteiger partial charge on any atom is -0.367 e. The molecule has 0 saturated heterocycles. The van der Waals surface area contributed by atoms with E-state index in [0.29, 0.717) is 4.88 Å². The molecule has 0 radical (unpaired) electrons. The van der Waals surface area contributed by atoms with E-state index in [0.717, 1.165) is 5.56 Å². The first-order valence-electron chi connectivity index (χ1n) is 5.94. The molecule has 104 valence electrons. The second kappa shape index (κ2) is 6.83. The minimum atomic E-state index is -0.764. The van der Waals surface area contributed by atoms with Gasteiger partial charge in [-0.3, -0.25) is 20.4 Å². The Kier molecular flexibility index (Phi) is 4.86. The van der Waals surface area contributed by atoms with Crippen molar-refractivity contribution in [1.29, 1.82) is 0 Å². The largest absolute Gasteiger partial charge is 0.367 e. The second-order valence-electron chi connectivity index (χ2n) is 3.95. The topological polar surface area (TPSA) is 67.4 Å². The number of nitrogens with one attached hydrogen (secondary N) is 2. The third-order valence-corrected chi connectivity index (χ3v) is 3.49. The molecule has 0 aliphatic heterocycles. The highest BCUT2D eigenvalue weighted by Gasteiger charge is 2.20. The maximum atomic E-state index is 12.0. The summed E-state index contributed by atoms with van der Waals surface area (Å²) in [5.74, 6) is -0.778. The molecule has 2 rings (SSSR count). The molecule has 1 aromatic carbocycles. The predicted octanol–water partition coefficient (Wildman–Crippen LogP) is 1.90. The number of methoxy groups -OCH3 is 1. The lowest BCUT2D eigenvalue weighted by atomic mass is 10.1. The summed E-state index contributed by atoms with van der Waals surface area (Å²) in [7, 11) is 1.44. The molecule has 6 heteroatoms. The number of hydrogen-bond acceptors (Lipinski definition) is 4. The molecule has 1 aromatic heterocycles. The first-order chi connectivity index (χ1) is 9.72. The highest BCUT2D eigenvalue weighted by molar-refractivity contribution is 7.12. The molecule has 0 saturated carbocycles. The monoisotopic (exact) mass is 290 g/mol. The Balaban J connectivity index is 1.95. The van der Waals surface area contributed by atoms with E-state index in [4.69, 9.17) is 4.74 Å². The number of ether oxygens (including phenoxy) is 1.